The average molecular weight is 654 g/mol. The van der Waals surface area contributed by atoms with Crippen molar-refractivity contribution in [3.8, 4) is 23.0 Å². The first-order valence-corrected chi connectivity index (χ1v) is 14.0. The largest absolute Gasteiger partial charge is 0.571 e. The first-order valence-electron chi connectivity index (χ1n) is 14.0. The van der Waals surface area contributed by atoms with Gasteiger partial charge in [0, 0.05) is 12.1 Å². The van der Waals surface area contributed by atoms with Gasteiger partial charge >= 0.3 is 11.9 Å². The molecule has 17 nitrogen and oxygen atoms in total. The summed E-state index contributed by atoms with van der Waals surface area (Å²) in [6, 6.07) is 8.16. The highest BCUT2D eigenvalue weighted by Gasteiger charge is 2.51. The average Bonchev–Trinajstić information content (AvgIpc) is 3.00. The molecule has 0 aromatic heterocycles. The van der Waals surface area contributed by atoms with E-state index in [1.807, 2.05) is 0 Å². The molecule has 3 aliphatic heterocycles. The predicted molar refractivity (Wildman–Crippen MR) is 148 cm³/mol. The summed E-state index contributed by atoms with van der Waals surface area (Å²) in [5, 5.41) is 91.6. The van der Waals surface area contributed by atoms with Crippen molar-refractivity contribution in [3.63, 3.8) is 0 Å². The minimum absolute atomic E-state index is 0.0384. The molecule has 1 unspecified atom stereocenters. The van der Waals surface area contributed by atoms with Crippen molar-refractivity contribution in [2.45, 2.75) is 67.8 Å². The number of aliphatic carboxylic acids is 1. The van der Waals surface area contributed by atoms with Crippen LogP contribution in [-0.2, 0) is 33.3 Å². The lowest BCUT2D eigenvalue weighted by Gasteiger charge is -2.45. The third-order valence-corrected chi connectivity index (χ3v) is 7.50. The lowest BCUT2D eigenvalue weighted by atomic mass is 9.97. The summed E-state index contributed by atoms with van der Waals surface area (Å²) in [4.78, 5) is 22.7. The summed E-state index contributed by atoms with van der Waals surface area (Å²) < 4.78 is 32.5. The minimum Gasteiger partial charge on any atom is -0.571 e. The normalized spacial score (nSPS) is 32.4. The number of aliphatic hydroxyl groups excluding tert-OH is 5. The van der Waals surface area contributed by atoms with Crippen LogP contribution in [0.25, 0.3) is 6.08 Å². The van der Waals surface area contributed by atoms with E-state index in [0.717, 1.165) is 6.07 Å². The van der Waals surface area contributed by atoms with Gasteiger partial charge in [-0.15, -0.1) is 0 Å². The van der Waals surface area contributed by atoms with Crippen LogP contribution in [0.15, 0.2) is 42.2 Å². The highest BCUT2D eigenvalue weighted by molar-refractivity contribution is 5.90. The smallest absolute Gasteiger partial charge is 0.317 e. The lowest BCUT2D eigenvalue weighted by Crippen LogP contribution is -2.63. The number of hydrogen-bond donors (Lipinski definition) is 9. The van der Waals surface area contributed by atoms with Gasteiger partial charge in [-0.3, -0.25) is 9.59 Å². The summed E-state index contributed by atoms with van der Waals surface area (Å²) in [7, 11) is 0. The Balaban J connectivity index is 1.49. The Bertz CT molecular complexity index is 1440. The molecular formula is C29H33O17+. The first-order chi connectivity index (χ1) is 21.8. The Kier molecular flexibility index (Phi) is 9.85. The molecule has 250 valence electrons. The first kappa shape index (κ1) is 33.2. The highest BCUT2D eigenvalue weighted by Crippen LogP contribution is 2.45. The summed E-state index contributed by atoms with van der Waals surface area (Å²) in [6.45, 7) is -1.18. The number of fused-ring (bicyclic) bond motifs is 1. The number of benzene rings is 2. The maximum atomic E-state index is 11.9. The maximum Gasteiger partial charge on any atom is 0.317 e. The van der Waals surface area contributed by atoms with Gasteiger partial charge in [0.1, 0.15) is 72.5 Å². The van der Waals surface area contributed by atoms with Gasteiger partial charge in [-0.25, -0.2) is 0 Å². The quantitative estimate of drug-likeness (QED) is 0.0841. The van der Waals surface area contributed by atoms with Crippen molar-refractivity contribution in [3.05, 3.63) is 53.3 Å². The van der Waals surface area contributed by atoms with Crippen LogP contribution in [0.3, 0.4) is 0 Å². The van der Waals surface area contributed by atoms with Crippen molar-refractivity contribution in [1.29, 1.82) is 0 Å². The van der Waals surface area contributed by atoms with E-state index in [0.29, 0.717) is 5.56 Å². The van der Waals surface area contributed by atoms with E-state index >= 15 is 0 Å². The van der Waals surface area contributed by atoms with Gasteiger partial charge in [-0.05, 0) is 24.3 Å². The van der Waals surface area contributed by atoms with Crippen LogP contribution in [0, 0.1) is 0 Å². The van der Waals surface area contributed by atoms with Gasteiger partial charge in [-0.1, -0.05) is 0 Å². The van der Waals surface area contributed by atoms with Gasteiger partial charge in [0.05, 0.1) is 18.2 Å². The third-order valence-electron chi connectivity index (χ3n) is 7.50. The Hall–Kier alpha value is -4.20. The fourth-order valence-electron chi connectivity index (χ4n) is 5.10. The molecule has 0 saturated carbocycles. The Morgan fingerprint density at radius 3 is 2.30 bits per heavy atom. The number of carbonyl (C=O) groups excluding carboxylic acids is 1. The van der Waals surface area contributed by atoms with Crippen LogP contribution < -0.4 is 0 Å². The van der Waals surface area contributed by atoms with Gasteiger partial charge in [0.25, 0.3) is 11.9 Å². The molecule has 2 saturated heterocycles. The van der Waals surface area contributed by atoms with E-state index in [2.05, 4.69) is 4.74 Å². The molecule has 46 heavy (non-hydrogen) atoms. The molecule has 10 atom stereocenters. The van der Waals surface area contributed by atoms with Crippen LogP contribution >= 0.6 is 0 Å². The number of carboxylic acids is 1. The zero-order valence-electron chi connectivity index (χ0n) is 23.8. The van der Waals surface area contributed by atoms with E-state index in [9.17, 15) is 50.4 Å². The van der Waals surface area contributed by atoms with Gasteiger partial charge in [-0.2, -0.15) is 0 Å². The molecule has 2 aromatic rings. The molecule has 3 aliphatic rings. The predicted octanol–water partition coefficient (Wildman–Crippen LogP) is -1.55. The minimum atomic E-state index is -1.90. The second-order valence-electron chi connectivity index (χ2n) is 10.8. The van der Waals surface area contributed by atoms with E-state index in [4.69, 9.17) is 28.8 Å². The molecule has 5 rings (SSSR count). The van der Waals surface area contributed by atoms with Crippen molar-refractivity contribution < 1.29 is 84.0 Å². The third kappa shape index (κ3) is 7.11. The molecule has 0 amide bonds. The number of rotatable bonds is 9. The standard InChI is InChI=1S/C29H32O17/c30-12-3-1-11(2-4-12)26-18(7-14-15(32)5-13(31)6-17(14)43-26)44-29-27(46-28-25(40)22(37)16(33)9-42-28)24(39)23(38)19(45-29)10-41-21(36)8-20(34)35/h1-7,16,19,22-33,37-40H,8-10H2,(H,34,35)/p+1/t16-,19-,22-,23-,24-,25-,26?,27+,28-,29+/m0/s1. The van der Waals surface area contributed by atoms with Gasteiger partial charge < -0.3 is 74.4 Å². The van der Waals surface area contributed by atoms with E-state index < -0.39 is 93.0 Å². The zero-order chi connectivity index (χ0) is 33.3. The van der Waals surface area contributed by atoms with Crippen LogP contribution in [0.4, 0.5) is 0 Å². The van der Waals surface area contributed by atoms with Gasteiger partial charge in [0.2, 0.25) is 6.29 Å². The molecule has 0 aliphatic carbocycles. The molecule has 0 spiro atoms. The van der Waals surface area contributed by atoms with Crippen molar-refractivity contribution in [1.82, 2.24) is 0 Å². The SMILES string of the molecule is O=C(O)CC(=O)OC[C@@H]1O[C@@H](OC2=Cc3c(O)cc(O)cc3[OH+]C2c2ccc(O)cc2)[C@H](O[C@@H]2OC[C@H](O)[C@H](O)[C@@H]2O)[C@@H](O)[C@H]1O. The number of phenols is 3. The number of ether oxygens (including phenoxy) is 6. The van der Waals surface area contributed by atoms with Crippen LogP contribution in [0.5, 0.6) is 23.0 Å². The number of phenolic OH excluding ortho intramolecular Hbond substituents is 3. The molecule has 10 N–H and O–H groups in total. The Labute approximate surface area is 259 Å². The van der Waals surface area contributed by atoms with E-state index in [1.54, 1.807) is 0 Å². The van der Waals surface area contributed by atoms with Crippen molar-refractivity contribution >= 4 is 18.0 Å². The molecule has 17 heteroatoms. The second kappa shape index (κ2) is 13.7. The molecule has 3 heterocycles. The molecule has 2 aromatic carbocycles. The number of esters is 1. The number of aliphatic hydroxyl groups is 6. The van der Waals surface area contributed by atoms with Crippen LogP contribution in [-0.4, -0.2) is 131 Å². The van der Waals surface area contributed by atoms with E-state index in [1.165, 1.54) is 36.4 Å². The van der Waals surface area contributed by atoms with Crippen LogP contribution in [0.1, 0.15) is 23.7 Å². The molecular weight excluding hydrogens is 620 g/mol. The molecule has 0 radical (unpaired) electrons. The monoisotopic (exact) mass is 653 g/mol. The fourth-order valence-corrected chi connectivity index (χ4v) is 5.10. The van der Waals surface area contributed by atoms with E-state index in [-0.39, 0.29) is 34.3 Å². The Morgan fingerprint density at radius 2 is 1.61 bits per heavy atom. The van der Waals surface area contributed by atoms with Crippen LogP contribution in [0.2, 0.25) is 0 Å². The van der Waals surface area contributed by atoms with Crippen molar-refractivity contribution in [2.75, 3.05) is 13.2 Å². The summed E-state index contributed by atoms with van der Waals surface area (Å²) >= 11 is 0. The number of carboxylic acid groups (broad SMARTS) is 1. The topological polar surface area (TPSA) is 275 Å². The fraction of sp³-hybridized carbons (Fsp3) is 0.448. The Morgan fingerprint density at radius 1 is 0.891 bits per heavy atom. The number of carbonyl (C=O) groups is 2. The maximum absolute atomic E-state index is 11.9. The molecule has 0 bridgehead atoms. The number of aromatic hydroxyl groups is 4. The zero-order valence-corrected chi connectivity index (χ0v) is 23.8. The molecule has 2 fully saturated rings. The summed E-state index contributed by atoms with van der Waals surface area (Å²) in [6.07, 6.45) is -15.9. The second-order valence-corrected chi connectivity index (χ2v) is 10.8. The highest BCUT2D eigenvalue weighted by atomic mass is 16.8. The van der Waals surface area contributed by atoms with Gasteiger partial charge in [0.15, 0.2) is 18.2 Å². The summed E-state index contributed by atoms with van der Waals surface area (Å²) in [5.74, 6) is -3.19. The summed E-state index contributed by atoms with van der Waals surface area (Å²) in [5.41, 5.74) is 0.577. The lowest BCUT2D eigenvalue weighted by molar-refractivity contribution is -0.353. The van der Waals surface area contributed by atoms with Crippen molar-refractivity contribution in [2.24, 2.45) is 0 Å². The number of hydrogen-bond acceptors (Lipinski definition) is 15.